The molecule has 0 aliphatic carbocycles. The molecule has 2 aromatic heterocycles. The van der Waals surface area contributed by atoms with Gasteiger partial charge in [0.1, 0.15) is 0 Å². The van der Waals surface area contributed by atoms with Gasteiger partial charge in [-0.3, -0.25) is 18.7 Å². The highest BCUT2D eigenvalue weighted by atomic mass is 16.5. The van der Waals surface area contributed by atoms with Gasteiger partial charge in [0, 0.05) is 33.6 Å². The number of ether oxygens (including phenoxy) is 1. The highest BCUT2D eigenvalue weighted by Crippen LogP contribution is 2.44. The number of imidazole rings is 1. The number of amides is 1. The summed E-state index contributed by atoms with van der Waals surface area (Å²) < 4.78 is 10.3. The van der Waals surface area contributed by atoms with Gasteiger partial charge in [0.05, 0.1) is 36.2 Å². The van der Waals surface area contributed by atoms with Crippen molar-refractivity contribution in [3.05, 3.63) is 27.2 Å². The molecule has 4 heterocycles. The van der Waals surface area contributed by atoms with Gasteiger partial charge in [-0.15, -0.1) is 0 Å². The van der Waals surface area contributed by atoms with Gasteiger partial charge in [-0.25, -0.2) is 9.78 Å². The molecule has 0 bridgehead atoms. The van der Waals surface area contributed by atoms with Crippen molar-refractivity contribution < 1.29 is 14.6 Å². The minimum Gasteiger partial charge on any atom is -0.388 e. The molecule has 3 N–H and O–H groups in total. The van der Waals surface area contributed by atoms with Crippen molar-refractivity contribution in [2.24, 2.45) is 19.8 Å². The molecule has 3 atom stereocenters. The highest BCUT2D eigenvalue weighted by molar-refractivity contribution is 5.81. The van der Waals surface area contributed by atoms with Gasteiger partial charge in [0.15, 0.2) is 11.2 Å². The zero-order valence-electron chi connectivity index (χ0n) is 19.8. The maximum absolute atomic E-state index is 12.9. The lowest BCUT2D eigenvalue weighted by atomic mass is 9.75. The van der Waals surface area contributed by atoms with Gasteiger partial charge in [-0.05, 0) is 26.2 Å². The highest BCUT2D eigenvalue weighted by Gasteiger charge is 2.50. The van der Waals surface area contributed by atoms with Gasteiger partial charge in [0.2, 0.25) is 5.91 Å². The maximum atomic E-state index is 12.9. The number of aryl methyl sites for hydroxylation is 1. The van der Waals surface area contributed by atoms with E-state index in [1.807, 2.05) is 6.92 Å². The van der Waals surface area contributed by atoms with Crippen LogP contribution >= 0.6 is 0 Å². The van der Waals surface area contributed by atoms with E-state index in [-0.39, 0.29) is 23.7 Å². The van der Waals surface area contributed by atoms with Crippen molar-refractivity contribution in [1.82, 2.24) is 23.6 Å². The zero-order chi connectivity index (χ0) is 24.1. The lowest BCUT2D eigenvalue weighted by molar-refractivity contribution is -0.197. The van der Waals surface area contributed by atoms with Crippen LogP contribution in [0.1, 0.15) is 52.0 Å². The van der Waals surface area contributed by atoms with Crippen molar-refractivity contribution in [2.75, 3.05) is 19.7 Å². The number of carbonyl (C=O) groups excluding carboxylic acids is 1. The summed E-state index contributed by atoms with van der Waals surface area (Å²) in [6.45, 7) is 5.01. The first-order valence-electron chi connectivity index (χ1n) is 11.5. The molecular weight excluding hydrogens is 428 g/mol. The first-order chi connectivity index (χ1) is 15.5. The lowest BCUT2D eigenvalue weighted by Gasteiger charge is -2.51. The normalized spacial score (nSPS) is 26.1. The summed E-state index contributed by atoms with van der Waals surface area (Å²) in [7, 11) is 2.99. The summed E-state index contributed by atoms with van der Waals surface area (Å²) in [5, 5.41) is 11.5. The Kier molecular flexibility index (Phi) is 6.00. The number of piperidine rings is 1. The van der Waals surface area contributed by atoms with E-state index in [0.29, 0.717) is 38.8 Å². The number of likely N-dealkylation sites (tertiary alicyclic amines) is 1. The van der Waals surface area contributed by atoms with E-state index >= 15 is 0 Å². The molecule has 4 rings (SSSR count). The second-order valence-corrected chi connectivity index (χ2v) is 9.79. The van der Waals surface area contributed by atoms with E-state index in [4.69, 9.17) is 10.5 Å². The topological polar surface area (TPSA) is 138 Å². The summed E-state index contributed by atoms with van der Waals surface area (Å²) >= 11 is 0. The van der Waals surface area contributed by atoms with E-state index in [1.165, 1.54) is 17.9 Å². The number of carbonyl (C=O) groups is 1. The number of aromatic nitrogens is 4. The van der Waals surface area contributed by atoms with Crippen LogP contribution in [0.2, 0.25) is 0 Å². The third kappa shape index (κ3) is 3.91. The minimum atomic E-state index is -1.18. The van der Waals surface area contributed by atoms with Crippen molar-refractivity contribution in [2.45, 2.75) is 69.2 Å². The summed E-state index contributed by atoms with van der Waals surface area (Å²) in [5.74, 6) is -0.0292. The molecule has 2 saturated heterocycles. The monoisotopic (exact) mass is 462 g/mol. The quantitative estimate of drug-likeness (QED) is 0.633. The van der Waals surface area contributed by atoms with Gasteiger partial charge in [-0.1, -0.05) is 13.3 Å². The first kappa shape index (κ1) is 23.7. The molecule has 11 heteroatoms. The molecular formula is C22H34N6O5. The molecule has 11 nitrogen and oxygen atoms in total. The van der Waals surface area contributed by atoms with Crippen LogP contribution in [0.25, 0.3) is 11.2 Å². The summed E-state index contributed by atoms with van der Waals surface area (Å²) in [6.07, 6.45) is 4.60. The maximum Gasteiger partial charge on any atom is 0.332 e. The molecule has 2 aromatic rings. The van der Waals surface area contributed by atoms with Crippen molar-refractivity contribution >= 4 is 17.1 Å². The Morgan fingerprint density at radius 2 is 1.97 bits per heavy atom. The third-order valence-corrected chi connectivity index (χ3v) is 7.36. The Bertz CT molecular complexity index is 1170. The minimum absolute atomic E-state index is 0.0292. The van der Waals surface area contributed by atoms with E-state index in [1.54, 1.807) is 23.4 Å². The second-order valence-electron chi connectivity index (χ2n) is 9.79. The van der Waals surface area contributed by atoms with Crippen LogP contribution in [0.15, 0.2) is 15.9 Å². The van der Waals surface area contributed by atoms with Crippen LogP contribution in [0.5, 0.6) is 0 Å². The van der Waals surface area contributed by atoms with Crippen molar-refractivity contribution in [1.29, 1.82) is 0 Å². The fraction of sp³-hybridized carbons (Fsp3) is 0.727. The Morgan fingerprint density at radius 3 is 2.58 bits per heavy atom. The van der Waals surface area contributed by atoms with Gasteiger partial charge < -0.3 is 25.0 Å². The van der Waals surface area contributed by atoms with E-state index in [2.05, 4.69) is 4.98 Å². The number of nitrogens with zero attached hydrogens (tertiary/aromatic N) is 5. The fourth-order valence-electron chi connectivity index (χ4n) is 5.36. The van der Waals surface area contributed by atoms with Crippen LogP contribution in [-0.4, -0.2) is 71.5 Å². The standard InChI is InChI=1S/C22H34N6O5/c1-5-6-14(23)18(29)27-9-7-22(8-10-27)12-21(2,32)15(11-33-22)28-13-24-17-16(28)19(30)26(4)20(31)25(17)3/h13-15,32H,5-12,23H2,1-4H3/t14-,15+,21+/m0/s1. The Labute approximate surface area is 191 Å². The predicted molar refractivity (Wildman–Crippen MR) is 122 cm³/mol. The number of nitrogens with two attached hydrogens (primary N) is 1. The van der Waals surface area contributed by atoms with E-state index < -0.39 is 34.5 Å². The van der Waals surface area contributed by atoms with Crippen LogP contribution < -0.4 is 17.0 Å². The molecule has 1 spiro atoms. The average molecular weight is 463 g/mol. The Hall–Kier alpha value is -2.50. The summed E-state index contributed by atoms with van der Waals surface area (Å²) in [6, 6.07) is -1.02. The third-order valence-electron chi connectivity index (χ3n) is 7.36. The van der Waals surface area contributed by atoms with Crippen molar-refractivity contribution in [3.8, 4) is 0 Å². The Morgan fingerprint density at radius 1 is 1.30 bits per heavy atom. The smallest absolute Gasteiger partial charge is 0.332 e. The molecule has 0 radical (unpaired) electrons. The number of hydrogen-bond donors (Lipinski definition) is 2. The first-order valence-corrected chi connectivity index (χ1v) is 11.5. The molecule has 33 heavy (non-hydrogen) atoms. The number of fused-ring (bicyclic) bond motifs is 1. The van der Waals surface area contributed by atoms with E-state index in [0.717, 1.165) is 11.0 Å². The largest absolute Gasteiger partial charge is 0.388 e. The van der Waals surface area contributed by atoms with Crippen LogP contribution in [-0.2, 0) is 23.6 Å². The van der Waals surface area contributed by atoms with Gasteiger partial charge in [-0.2, -0.15) is 0 Å². The number of rotatable bonds is 4. The van der Waals surface area contributed by atoms with Gasteiger partial charge in [0.25, 0.3) is 5.56 Å². The van der Waals surface area contributed by atoms with Gasteiger partial charge >= 0.3 is 5.69 Å². The average Bonchev–Trinajstić information content (AvgIpc) is 3.20. The molecule has 0 aromatic carbocycles. The zero-order valence-corrected chi connectivity index (χ0v) is 19.8. The molecule has 2 aliphatic rings. The summed E-state index contributed by atoms with van der Waals surface area (Å²) in [4.78, 5) is 43.7. The Balaban J connectivity index is 1.55. The molecule has 182 valence electrons. The van der Waals surface area contributed by atoms with Crippen LogP contribution in [0.4, 0.5) is 0 Å². The molecule has 1 amide bonds. The van der Waals surface area contributed by atoms with Crippen LogP contribution in [0, 0.1) is 0 Å². The van der Waals surface area contributed by atoms with Crippen LogP contribution in [0.3, 0.4) is 0 Å². The molecule has 2 aliphatic heterocycles. The second kappa shape index (κ2) is 8.37. The van der Waals surface area contributed by atoms with Crippen molar-refractivity contribution in [3.63, 3.8) is 0 Å². The fourth-order valence-corrected chi connectivity index (χ4v) is 5.36. The van der Waals surface area contributed by atoms with E-state index in [9.17, 15) is 19.5 Å². The number of hydrogen-bond acceptors (Lipinski definition) is 7. The molecule has 0 unspecified atom stereocenters. The molecule has 2 fully saturated rings. The SMILES string of the molecule is CCC[C@H](N)C(=O)N1CCC2(CC1)C[C@@](C)(O)[C@H](n1cnc3c1c(=O)n(C)c(=O)n3C)CO2. The summed E-state index contributed by atoms with van der Waals surface area (Å²) in [5.41, 5.74) is 3.90. The number of aliphatic hydroxyl groups is 1. The molecule has 0 saturated carbocycles. The predicted octanol–water partition coefficient (Wildman–Crippen LogP) is -0.365. The lowest BCUT2D eigenvalue weighted by Crippen LogP contribution is -2.59.